The van der Waals surface area contributed by atoms with Crippen molar-refractivity contribution >= 4 is 23.4 Å². The Bertz CT molecular complexity index is 782. The lowest BCUT2D eigenvalue weighted by atomic mass is 9.89. The van der Waals surface area contributed by atoms with Crippen molar-refractivity contribution in [1.29, 1.82) is 0 Å². The lowest BCUT2D eigenvalue weighted by Gasteiger charge is -2.20. The second kappa shape index (κ2) is 8.12. The summed E-state index contributed by atoms with van der Waals surface area (Å²) in [6.07, 6.45) is 5.95. The molecule has 1 aliphatic carbocycles. The van der Waals surface area contributed by atoms with Crippen molar-refractivity contribution in [1.82, 2.24) is 14.9 Å². The maximum Gasteiger partial charge on any atom is 0.237 e. The molecule has 1 atom stereocenters. The summed E-state index contributed by atoms with van der Waals surface area (Å²) in [5.41, 5.74) is 3.01. The first-order valence-corrected chi connectivity index (χ1v) is 10.1. The van der Waals surface area contributed by atoms with Crippen LogP contribution >= 0.6 is 11.8 Å². The molecule has 1 saturated carbocycles. The predicted molar refractivity (Wildman–Crippen MR) is 106 cm³/mol. The molecule has 1 heterocycles. The molecule has 0 spiro atoms. The van der Waals surface area contributed by atoms with Gasteiger partial charge in [-0.15, -0.1) is 10.2 Å². The summed E-state index contributed by atoms with van der Waals surface area (Å²) in [5.74, 6) is 7.38. The number of amides is 1. The first kappa shape index (κ1) is 18.8. The van der Waals surface area contributed by atoms with E-state index >= 15 is 0 Å². The molecule has 7 heteroatoms. The van der Waals surface area contributed by atoms with Gasteiger partial charge in [-0.2, -0.15) is 0 Å². The van der Waals surface area contributed by atoms with Gasteiger partial charge in [0.2, 0.25) is 11.1 Å². The molecule has 1 aromatic heterocycles. The highest BCUT2D eigenvalue weighted by molar-refractivity contribution is 8.00. The molecule has 2 aromatic rings. The Morgan fingerprint density at radius 2 is 2.00 bits per heavy atom. The van der Waals surface area contributed by atoms with Gasteiger partial charge in [-0.05, 0) is 50.8 Å². The maximum absolute atomic E-state index is 12.6. The van der Waals surface area contributed by atoms with Crippen LogP contribution in [0.5, 0.6) is 0 Å². The molecule has 0 aliphatic heterocycles. The SMILES string of the molecule is Cc1ccc(C)c(NC(=O)[C@H](C)Sc2nnc(C3CCCCC3)n2N)c1. The standard InChI is InChI=1S/C19H27N5OS/c1-12-9-10-13(2)16(11-12)21-18(25)14(3)26-19-23-22-17(24(19)20)15-7-5-4-6-8-15/h9-11,14-15H,4-8,20H2,1-3H3,(H,21,25)/t14-/m0/s1. The minimum atomic E-state index is -0.319. The van der Waals surface area contributed by atoms with Crippen LogP contribution in [0.3, 0.4) is 0 Å². The number of aromatic nitrogens is 3. The molecule has 1 amide bonds. The first-order valence-electron chi connectivity index (χ1n) is 9.21. The number of thioether (sulfide) groups is 1. The third kappa shape index (κ3) is 4.20. The number of hydrogen-bond acceptors (Lipinski definition) is 5. The van der Waals surface area contributed by atoms with Crippen molar-refractivity contribution in [3.8, 4) is 0 Å². The van der Waals surface area contributed by atoms with Crippen molar-refractivity contribution in [3.63, 3.8) is 0 Å². The maximum atomic E-state index is 12.6. The Hall–Kier alpha value is -2.02. The van der Waals surface area contributed by atoms with E-state index in [2.05, 4.69) is 15.5 Å². The van der Waals surface area contributed by atoms with Crippen molar-refractivity contribution in [2.45, 2.75) is 69.2 Å². The number of rotatable bonds is 5. The number of benzene rings is 1. The van der Waals surface area contributed by atoms with E-state index < -0.39 is 0 Å². The fraction of sp³-hybridized carbons (Fsp3) is 0.526. The number of carbonyl (C=O) groups is 1. The highest BCUT2D eigenvalue weighted by Gasteiger charge is 2.25. The van der Waals surface area contributed by atoms with E-state index in [-0.39, 0.29) is 11.2 Å². The van der Waals surface area contributed by atoms with E-state index in [9.17, 15) is 4.79 Å². The second-order valence-electron chi connectivity index (χ2n) is 7.11. The quantitative estimate of drug-likeness (QED) is 0.615. The summed E-state index contributed by atoms with van der Waals surface area (Å²) in [7, 11) is 0. The molecule has 1 aromatic carbocycles. The molecule has 3 N–H and O–H groups in total. The summed E-state index contributed by atoms with van der Waals surface area (Å²) in [5, 5.41) is 11.8. The van der Waals surface area contributed by atoms with Gasteiger partial charge in [-0.1, -0.05) is 43.2 Å². The zero-order valence-corrected chi connectivity index (χ0v) is 16.5. The van der Waals surface area contributed by atoms with Crippen molar-refractivity contribution < 1.29 is 4.79 Å². The van der Waals surface area contributed by atoms with Crippen LogP contribution in [-0.2, 0) is 4.79 Å². The highest BCUT2D eigenvalue weighted by Crippen LogP contribution is 2.33. The van der Waals surface area contributed by atoms with Crippen LogP contribution in [0.2, 0.25) is 0 Å². The predicted octanol–water partition coefficient (Wildman–Crippen LogP) is 3.78. The Kier molecular flexibility index (Phi) is 5.86. The summed E-state index contributed by atoms with van der Waals surface area (Å²) >= 11 is 1.34. The van der Waals surface area contributed by atoms with Crippen LogP contribution in [-0.4, -0.2) is 26.0 Å². The first-order chi connectivity index (χ1) is 12.5. The van der Waals surface area contributed by atoms with Gasteiger partial charge in [0.15, 0.2) is 5.82 Å². The largest absolute Gasteiger partial charge is 0.336 e. The molecular formula is C19H27N5OS. The highest BCUT2D eigenvalue weighted by atomic mass is 32.2. The van der Waals surface area contributed by atoms with E-state index in [4.69, 9.17) is 5.84 Å². The van der Waals surface area contributed by atoms with Gasteiger partial charge in [0.05, 0.1) is 5.25 Å². The van der Waals surface area contributed by atoms with Gasteiger partial charge in [0, 0.05) is 11.6 Å². The van der Waals surface area contributed by atoms with Crippen molar-refractivity contribution in [2.75, 3.05) is 11.2 Å². The third-order valence-electron chi connectivity index (χ3n) is 4.96. The number of carbonyl (C=O) groups excluding carboxylic acids is 1. The van der Waals surface area contributed by atoms with E-state index in [1.165, 1.54) is 31.0 Å². The summed E-state index contributed by atoms with van der Waals surface area (Å²) in [6, 6.07) is 6.03. The number of nitrogen functional groups attached to an aromatic ring is 1. The third-order valence-corrected chi connectivity index (χ3v) is 6.02. The summed E-state index contributed by atoms with van der Waals surface area (Å²) in [6.45, 7) is 5.86. The molecule has 3 rings (SSSR count). The van der Waals surface area contributed by atoms with E-state index in [0.717, 1.165) is 35.5 Å². The Morgan fingerprint density at radius 3 is 2.73 bits per heavy atom. The van der Waals surface area contributed by atoms with E-state index in [1.807, 2.05) is 39.0 Å². The van der Waals surface area contributed by atoms with Crippen LogP contribution in [0.15, 0.2) is 23.4 Å². The monoisotopic (exact) mass is 373 g/mol. The lowest BCUT2D eigenvalue weighted by Crippen LogP contribution is -2.24. The average molecular weight is 374 g/mol. The molecule has 0 radical (unpaired) electrons. The molecule has 0 bridgehead atoms. The molecule has 0 saturated heterocycles. The molecule has 6 nitrogen and oxygen atoms in total. The Balaban J connectivity index is 1.65. The molecule has 1 aliphatic rings. The van der Waals surface area contributed by atoms with Gasteiger partial charge in [0.25, 0.3) is 0 Å². The number of nitrogens with one attached hydrogen (secondary N) is 1. The number of hydrogen-bond donors (Lipinski definition) is 2. The fourth-order valence-corrected chi connectivity index (χ4v) is 4.10. The second-order valence-corrected chi connectivity index (χ2v) is 8.42. The zero-order valence-electron chi connectivity index (χ0n) is 15.7. The molecule has 26 heavy (non-hydrogen) atoms. The topological polar surface area (TPSA) is 85.8 Å². The molecule has 0 unspecified atom stereocenters. The summed E-state index contributed by atoms with van der Waals surface area (Å²) in [4.78, 5) is 12.6. The Labute approximate surface area is 158 Å². The van der Waals surface area contributed by atoms with Gasteiger partial charge in [-0.25, -0.2) is 4.68 Å². The minimum absolute atomic E-state index is 0.0640. The fourth-order valence-electron chi connectivity index (χ4n) is 3.32. The van der Waals surface area contributed by atoms with Gasteiger partial charge < -0.3 is 11.2 Å². The normalized spacial score (nSPS) is 16.4. The number of nitrogens with two attached hydrogens (primary N) is 1. The van der Waals surface area contributed by atoms with Crippen LogP contribution in [0.25, 0.3) is 0 Å². The summed E-state index contributed by atoms with van der Waals surface area (Å²) < 4.78 is 1.57. The average Bonchev–Trinajstić information content (AvgIpc) is 2.99. The number of nitrogens with zero attached hydrogens (tertiary/aromatic N) is 3. The van der Waals surface area contributed by atoms with Crippen molar-refractivity contribution in [3.05, 3.63) is 35.2 Å². The minimum Gasteiger partial charge on any atom is -0.336 e. The van der Waals surface area contributed by atoms with Gasteiger partial charge in [0.1, 0.15) is 0 Å². The molecular weight excluding hydrogens is 346 g/mol. The molecule has 1 fully saturated rings. The van der Waals surface area contributed by atoms with Crippen LogP contribution in [0, 0.1) is 13.8 Å². The number of anilines is 1. The van der Waals surface area contributed by atoms with Gasteiger partial charge in [-0.3, -0.25) is 4.79 Å². The Morgan fingerprint density at radius 1 is 1.27 bits per heavy atom. The smallest absolute Gasteiger partial charge is 0.237 e. The van der Waals surface area contributed by atoms with E-state index in [0.29, 0.717) is 11.1 Å². The number of aryl methyl sites for hydroxylation is 2. The van der Waals surface area contributed by atoms with Crippen LogP contribution in [0.4, 0.5) is 5.69 Å². The lowest BCUT2D eigenvalue weighted by molar-refractivity contribution is -0.115. The van der Waals surface area contributed by atoms with Crippen LogP contribution < -0.4 is 11.2 Å². The van der Waals surface area contributed by atoms with Crippen LogP contribution in [0.1, 0.15) is 61.9 Å². The zero-order chi connectivity index (χ0) is 18.7. The van der Waals surface area contributed by atoms with E-state index in [1.54, 1.807) is 4.68 Å². The van der Waals surface area contributed by atoms with Crippen molar-refractivity contribution in [2.24, 2.45) is 0 Å². The van der Waals surface area contributed by atoms with Gasteiger partial charge >= 0.3 is 0 Å². The molecule has 140 valence electrons.